The molecule has 1 aromatic carbocycles. The van der Waals surface area contributed by atoms with E-state index in [9.17, 15) is 4.79 Å². The summed E-state index contributed by atoms with van der Waals surface area (Å²) in [6.07, 6.45) is 2.33. The maximum Gasteiger partial charge on any atom is 0.244 e. The number of amides is 1. The highest BCUT2D eigenvalue weighted by atomic mass is 16.2. The fourth-order valence-corrected chi connectivity index (χ4v) is 2.72. The van der Waals surface area contributed by atoms with Gasteiger partial charge in [-0.3, -0.25) is 10.1 Å². The van der Waals surface area contributed by atoms with Crippen LogP contribution in [0.3, 0.4) is 0 Å². The third-order valence-electron chi connectivity index (χ3n) is 3.96. The number of nitrogens with one attached hydrogen (secondary N) is 2. The Morgan fingerprint density at radius 3 is 2.86 bits per heavy atom. The van der Waals surface area contributed by atoms with Crippen molar-refractivity contribution in [3.05, 3.63) is 47.5 Å². The van der Waals surface area contributed by atoms with E-state index in [1.54, 1.807) is 6.33 Å². The lowest BCUT2D eigenvalue weighted by Crippen LogP contribution is -2.49. The van der Waals surface area contributed by atoms with Crippen LogP contribution in [0.15, 0.2) is 30.6 Å². The van der Waals surface area contributed by atoms with Gasteiger partial charge in [0.15, 0.2) is 0 Å². The molecule has 0 bridgehead atoms. The van der Waals surface area contributed by atoms with Crippen LogP contribution in [-0.4, -0.2) is 28.5 Å². The molecule has 0 radical (unpaired) electrons. The topological polar surface area (TPSA) is 61.0 Å². The number of carbonyl (C=O) groups is 1. The van der Waals surface area contributed by atoms with E-state index in [4.69, 9.17) is 0 Å². The number of fused-ring (bicyclic) bond motifs is 1. The predicted octanol–water partition coefficient (Wildman–Crippen LogP) is 1.79. The van der Waals surface area contributed by atoms with Crippen LogP contribution >= 0.6 is 0 Å². The van der Waals surface area contributed by atoms with Crippen molar-refractivity contribution in [2.24, 2.45) is 0 Å². The molecule has 0 fully saturated rings. The molecule has 1 amide bonds. The standard InChI is InChI=1S/C16H20N4O/c1-3-20(12-6-4-11(2)5-7-12)16(21)14-8-13-15(9-17-14)19-10-18-13/h4-7,10,14,17H,3,8-9H2,1-2H3,(H,18,19). The van der Waals surface area contributed by atoms with Crippen molar-refractivity contribution in [3.8, 4) is 0 Å². The fourth-order valence-electron chi connectivity index (χ4n) is 2.72. The summed E-state index contributed by atoms with van der Waals surface area (Å²) in [5.74, 6) is 0.106. The van der Waals surface area contributed by atoms with Crippen molar-refractivity contribution in [1.82, 2.24) is 15.3 Å². The van der Waals surface area contributed by atoms with E-state index in [0.717, 1.165) is 17.1 Å². The second-order valence-corrected chi connectivity index (χ2v) is 5.38. The van der Waals surface area contributed by atoms with Gasteiger partial charge >= 0.3 is 0 Å². The fraction of sp³-hybridized carbons (Fsp3) is 0.375. The van der Waals surface area contributed by atoms with Crippen molar-refractivity contribution in [1.29, 1.82) is 0 Å². The van der Waals surface area contributed by atoms with E-state index in [0.29, 0.717) is 19.5 Å². The predicted molar refractivity (Wildman–Crippen MR) is 82.1 cm³/mol. The molecule has 5 heteroatoms. The summed E-state index contributed by atoms with van der Waals surface area (Å²) in [4.78, 5) is 22.0. The number of carbonyl (C=O) groups excluding carboxylic acids is 1. The summed E-state index contributed by atoms with van der Waals surface area (Å²) in [5.41, 5.74) is 4.21. The molecule has 2 N–H and O–H groups in total. The lowest BCUT2D eigenvalue weighted by Gasteiger charge is -2.29. The first-order chi connectivity index (χ1) is 10.2. The first kappa shape index (κ1) is 13.8. The first-order valence-corrected chi connectivity index (χ1v) is 7.31. The number of H-pyrrole nitrogens is 1. The Bertz CT molecular complexity index is 632. The molecular formula is C16H20N4O. The zero-order chi connectivity index (χ0) is 14.8. The number of anilines is 1. The van der Waals surface area contributed by atoms with Crippen LogP contribution in [0.5, 0.6) is 0 Å². The van der Waals surface area contributed by atoms with E-state index in [-0.39, 0.29) is 11.9 Å². The highest BCUT2D eigenvalue weighted by Crippen LogP contribution is 2.19. The molecule has 5 nitrogen and oxygen atoms in total. The van der Waals surface area contributed by atoms with Crippen LogP contribution in [0.2, 0.25) is 0 Å². The van der Waals surface area contributed by atoms with Crippen molar-refractivity contribution in [3.63, 3.8) is 0 Å². The average molecular weight is 284 g/mol. The van der Waals surface area contributed by atoms with Crippen molar-refractivity contribution < 1.29 is 4.79 Å². The number of benzene rings is 1. The zero-order valence-corrected chi connectivity index (χ0v) is 12.4. The van der Waals surface area contributed by atoms with Gasteiger partial charge in [-0.25, -0.2) is 4.98 Å². The van der Waals surface area contributed by atoms with Gasteiger partial charge < -0.3 is 9.88 Å². The maximum atomic E-state index is 12.8. The monoisotopic (exact) mass is 284 g/mol. The van der Waals surface area contributed by atoms with E-state index in [1.165, 1.54) is 5.56 Å². The van der Waals surface area contributed by atoms with Gasteiger partial charge in [0.2, 0.25) is 5.91 Å². The molecule has 0 saturated carbocycles. The van der Waals surface area contributed by atoms with E-state index in [1.807, 2.05) is 43.0 Å². The van der Waals surface area contributed by atoms with Gasteiger partial charge in [0.05, 0.1) is 23.8 Å². The SMILES string of the molecule is CCN(C(=O)C1Cc2nc[nH]c2CN1)c1ccc(C)cc1. The molecule has 0 aliphatic carbocycles. The Morgan fingerprint density at radius 1 is 1.38 bits per heavy atom. The molecule has 0 saturated heterocycles. The number of aromatic nitrogens is 2. The second-order valence-electron chi connectivity index (χ2n) is 5.38. The molecule has 1 aliphatic heterocycles. The van der Waals surface area contributed by atoms with Crippen LogP contribution in [0.25, 0.3) is 0 Å². The maximum absolute atomic E-state index is 12.8. The number of hydrogen-bond acceptors (Lipinski definition) is 3. The van der Waals surface area contributed by atoms with Crippen molar-refractivity contribution in [2.75, 3.05) is 11.4 Å². The normalized spacial score (nSPS) is 17.3. The van der Waals surface area contributed by atoms with Crippen LogP contribution in [0.1, 0.15) is 23.9 Å². The summed E-state index contributed by atoms with van der Waals surface area (Å²) in [5, 5.41) is 3.29. The van der Waals surface area contributed by atoms with E-state index in [2.05, 4.69) is 15.3 Å². The van der Waals surface area contributed by atoms with Gasteiger partial charge in [-0.05, 0) is 26.0 Å². The second kappa shape index (κ2) is 5.69. The summed E-state index contributed by atoms with van der Waals surface area (Å²) in [7, 11) is 0. The van der Waals surface area contributed by atoms with Crippen LogP contribution in [0, 0.1) is 6.92 Å². The average Bonchev–Trinajstić information content (AvgIpc) is 2.97. The smallest absolute Gasteiger partial charge is 0.244 e. The first-order valence-electron chi connectivity index (χ1n) is 7.31. The van der Waals surface area contributed by atoms with Crippen molar-refractivity contribution in [2.45, 2.75) is 32.9 Å². The number of nitrogens with zero attached hydrogens (tertiary/aromatic N) is 2. The Hall–Kier alpha value is -2.14. The lowest BCUT2D eigenvalue weighted by molar-refractivity contribution is -0.120. The molecule has 21 heavy (non-hydrogen) atoms. The summed E-state index contributed by atoms with van der Waals surface area (Å²) in [6.45, 7) is 5.37. The third kappa shape index (κ3) is 2.69. The largest absolute Gasteiger partial charge is 0.347 e. The van der Waals surface area contributed by atoms with Gasteiger partial charge in [-0.15, -0.1) is 0 Å². The van der Waals surface area contributed by atoms with Gasteiger partial charge in [-0.2, -0.15) is 0 Å². The summed E-state index contributed by atoms with van der Waals surface area (Å²) < 4.78 is 0. The number of aromatic amines is 1. The quantitative estimate of drug-likeness (QED) is 0.903. The highest BCUT2D eigenvalue weighted by molar-refractivity contribution is 5.97. The van der Waals surface area contributed by atoms with Crippen LogP contribution in [0.4, 0.5) is 5.69 Å². The number of hydrogen-bond donors (Lipinski definition) is 2. The lowest BCUT2D eigenvalue weighted by atomic mass is 10.0. The molecule has 1 unspecified atom stereocenters. The molecule has 0 spiro atoms. The van der Waals surface area contributed by atoms with Crippen LogP contribution in [-0.2, 0) is 17.8 Å². The van der Waals surface area contributed by atoms with Gasteiger partial charge in [-0.1, -0.05) is 17.7 Å². The molecule has 1 aliphatic rings. The van der Waals surface area contributed by atoms with Gasteiger partial charge in [0.1, 0.15) is 0 Å². The molecule has 2 heterocycles. The summed E-state index contributed by atoms with van der Waals surface area (Å²) in [6, 6.07) is 7.86. The Labute approximate surface area is 124 Å². The molecule has 1 aromatic heterocycles. The van der Waals surface area contributed by atoms with E-state index >= 15 is 0 Å². The minimum atomic E-state index is -0.206. The van der Waals surface area contributed by atoms with E-state index < -0.39 is 0 Å². The van der Waals surface area contributed by atoms with Gasteiger partial charge in [0.25, 0.3) is 0 Å². The Balaban J connectivity index is 1.78. The number of aryl methyl sites for hydroxylation is 1. The Morgan fingerprint density at radius 2 is 2.14 bits per heavy atom. The molecular weight excluding hydrogens is 264 g/mol. The molecule has 1 atom stereocenters. The Kier molecular flexibility index (Phi) is 3.75. The van der Waals surface area contributed by atoms with Gasteiger partial charge in [0, 0.05) is 25.2 Å². The zero-order valence-electron chi connectivity index (χ0n) is 12.4. The minimum Gasteiger partial charge on any atom is -0.347 e. The molecule has 3 rings (SSSR count). The van der Waals surface area contributed by atoms with Crippen molar-refractivity contribution >= 4 is 11.6 Å². The molecule has 2 aromatic rings. The number of rotatable bonds is 3. The third-order valence-corrected chi connectivity index (χ3v) is 3.96. The number of likely N-dealkylation sites (N-methyl/N-ethyl adjacent to an activating group) is 1. The molecule has 110 valence electrons. The van der Waals surface area contributed by atoms with Crippen LogP contribution < -0.4 is 10.2 Å². The summed E-state index contributed by atoms with van der Waals surface area (Å²) >= 11 is 0. The highest BCUT2D eigenvalue weighted by Gasteiger charge is 2.29. The minimum absolute atomic E-state index is 0.106. The number of imidazole rings is 1.